The number of rotatable bonds is 9. The topological polar surface area (TPSA) is 96.0 Å². The molecule has 2 aromatic rings. The van der Waals surface area contributed by atoms with Crippen molar-refractivity contribution in [2.75, 3.05) is 40.0 Å². The van der Waals surface area contributed by atoms with Crippen LogP contribution in [0.25, 0.3) is 0 Å². The number of likely N-dealkylation sites (tertiary alicyclic amines) is 1. The van der Waals surface area contributed by atoms with Gasteiger partial charge in [0.2, 0.25) is 0 Å². The summed E-state index contributed by atoms with van der Waals surface area (Å²) in [6.45, 7) is 2.73. The zero-order valence-corrected chi connectivity index (χ0v) is 23.9. The first-order chi connectivity index (χ1) is 17.6. The number of nitrogens with zero attached hydrogens (tertiary/aromatic N) is 2. The molecular formula is C28H38ClN3O5S. The Hall–Kier alpha value is -2.62. The highest BCUT2D eigenvalue weighted by atomic mass is 35.5. The number of unbranched alkanes of at least 4 members (excludes halogenated alkanes) is 2. The van der Waals surface area contributed by atoms with Gasteiger partial charge in [-0.05, 0) is 86.7 Å². The minimum absolute atomic E-state index is 0. The lowest BCUT2D eigenvalue weighted by atomic mass is 9.79. The molecule has 1 aliphatic carbocycles. The van der Waals surface area contributed by atoms with Crippen LogP contribution in [0, 0.1) is 0 Å². The molecule has 1 aliphatic heterocycles. The molecule has 2 amide bonds. The van der Waals surface area contributed by atoms with Crippen molar-refractivity contribution < 1.29 is 22.7 Å². The molecule has 38 heavy (non-hydrogen) atoms. The van der Waals surface area contributed by atoms with Gasteiger partial charge in [0, 0.05) is 44.4 Å². The maximum atomic E-state index is 12.3. The SMILES string of the molecule is CN(C)C(=O)Oc1cccc2c1CCC1C2CCN1CCCCCNC(=O)c1ccc(S(C)(=O)=O)cc1.Cl. The Morgan fingerprint density at radius 1 is 1.05 bits per heavy atom. The van der Waals surface area contributed by atoms with E-state index >= 15 is 0 Å². The second kappa shape index (κ2) is 13.0. The van der Waals surface area contributed by atoms with Crippen LogP contribution in [0.15, 0.2) is 47.4 Å². The summed E-state index contributed by atoms with van der Waals surface area (Å²) in [6.07, 6.45) is 6.93. The van der Waals surface area contributed by atoms with E-state index in [4.69, 9.17) is 4.74 Å². The van der Waals surface area contributed by atoms with Gasteiger partial charge in [-0.1, -0.05) is 18.6 Å². The maximum Gasteiger partial charge on any atom is 0.414 e. The number of fused-ring (bicyclic) bond motifs is 3. The first kappa shape index (κ1) is 29.9. The molecule has 1 saturated heterocycles. The van der Waals surface area contributed by atoms with Crippen LogP contribution in [0.2, 0.25) is 0 Å². The second-order valence-corrected chi connectivity index (χ2v) is 12.3. The summed E-state index contributed by atoms with van der Waals surface area (Å²) in [6, 6.07) is 12.7. The van der Waals surface area contributed by atoms with E-state index in [2.05, 4.69) is 16.3 Å². The van der Waals surface area contributed by atoms with Crippen LogP contribution in [0.3, 0.4) is 0 Å². The summed E-state index contributed by atoms with van der Waals surface area (Å²) >= 11 is 0. The highest BCUT2D eigenvalue weighted by molar-refractivity contribution is 7.90. The molecular weight excluding hydrogens is 526 g/mol. The molecule has 0 saturated carbocycles. The molecule has 0 spiro atoms. The molecule has 1 heterocycles. The van der Waals surface area contributed by atoms with E-state index in [1.807, 2.05) is 12.1 Å². The van der Waals surface area contributed by atoms with E-state index in [1.165, 1.54) is 28.2 Å². The van der Waals surface area contributed by atoms with Gasteiger partial charge in [-0.15, -0.1) is 12.4 Å². The number of benzene rings is 2. The summed E-state index contributed by atoms with van der Waals surface area (Å²) in [5.74, 6) is 0.996. The average molecular weight is 564 g/mol. The lowest BCUT2D eigenvalue weighted by molar-refractivity contribution is 0.0952. The van der Waals surface area contributed by atoms with E-state index in [9.17, 15) is 18.0 Å². The van der Waals surface area contributed by atoms with Gasteiger partial charge in [0.1, 0.15) is 5.75 Å². The van der Waals surface area contributed by atoms with Crippen LogP contribution in [-0.4, -0.2) is 76.2 Å². The fraction of sp³-hybridized carbons (Fsp3) is 0.500. The number of nitrogens with one attached hydrogen (secondary N) is 1. The molecule has 0 bridgehead atoms. The van der Waals surface area contributed by atoms with Gasteiger partial charge in [-0.2, -0.15) is 0 Å². The monoisotopic (exact) mass is 563 g/mol. The fourth-order valence-electron chi connectivity index (χ4n) is 5.49. The third-order valence-corrected chi connectivity index (χ3v) is 8.56. The van der Waals surface area contributed by atoms with Gasteiger partial charge < -0.3 is 15.0 Å². The molecule has 2 aromatic carbocycles. The van der Waals surface area contributed by atoms with E-state index in [1.54, 1.807) is 26.2 Å². The number of hydrogen-bond donors (Lipinski definition) is 1. The highest BCUT2D eigenvalue weighted by Gasteiger charge is 2.39. The molecule has 10 heteroatoms. The smallest absolute Gasteiger partial charge is 0.410 e. The molecule has 2 aliphatic rings. The maximum absolute atomic E-state index is 12.3. The summed E-state index contributed by atoms with van der Waals surface area (Å²) in [5.41, 5.74) is 2.98. The average Bonchev–Trinajstić information content (AvgIpc) is 3.29. The summed E-state index contributed by atoms with van der Waals surface area (Å²) in [7, 11) is 0.118. The number of hydrogen-bond acceptors (Lipinski definition) is 6. The zero-order chi connectivity index (χ0) is 26.6. The molecule has 2 unspecified atom stereocenters. The van der Waals surface area contributed by atoms with Crippen LogP contribution in [0.5, 0.6) is 5.75 Å². The molecule has 1 N–H and O–H groups in total. The van der Waals surface area contributed by atoms with Crippen LogP contribution in [0.4, 0.5) is 4.79 Å². The fourth-order valence-corrected chi connectivity index (χ4v) is 6.12. The number of sulfone groups is 1. The first-order valence-electron chi connectivity index (χ1n) is 13.0. The third-order valence-electron chi connectivity index (χ3n) is 7.43. The van der Waals surface area contributed by atoms with Gasteiger partial charge in [-0.25, -0.2) is 13.2 Å². The van der Waals surface area contributed by atoms with Crippen molar-refractivity contribution in [3.63, 3.8) is 0 Å². The predicted molar refractivity (Wildman–Crippen MR) is 150 cm³/mol. The number of ether oxygens (including phenoxy) is 1. The molecule has 4 rings (SSSR count). The number of amides is 2. The summed E-state index contributed by atoms with van der Waals surface area (Å²) < 4.78 is 28.8. The lowest BCUT2D eigenvalue weighted by Gasteiger charge is -2.34. The highest BCUT2D eigenvalue weighted by Crippen LogP contribution is 2.44. The van der Waals surface area contributed by atoms with Gasteiger partial charge in [0.05, 0.1) is 4.90 Å². The molecule has 0 aromatic heterocycles. The Bertz CT molecular complexity index is 1230. The number of carbonyl (C=O) groups excluding carboxylic acids is 2. The van der Waals surface area contributed by atoms with Crippen molar-refractivity contribution in [3.8, 4) is 5.75 Å². The van der Waals surface area contributed by atoms with Crippen molar-refractivity contribution >= 4 is 34.2 Å². The second-order valence-electron chi connectivity index (χ2n) is 10.2. The van der Waals surface area contributed by atoms with Gasteiger partial charge in [0.15, 0.2) is 9.84 Å². The Labute approximate surface area is 232 Å². The standard InChI is InChI=1S/C28H37N3O5S.ClH/c1-30(2)28(33)36-26-9-7-8-22-23-16-19-31(25(23)15-14-24(22)26)18-6-4-5-17-29-27(32)20-10-12-21(13-11-20)37(3,34)35;/h7-13,23,25H,4-6,14-19H2,1-3H3,(H,29,32);1H. The third kappa shape index (κ3) is 7.07. The van der Waals surface area contributed by atoms with E-state index in [-0.39, 0.29) is 29.3 Å². The van der Waals surface area contributed by atoms with Crippen molar-refractivity contribution in [3.05, 3.63) is 59.2 Å². The van der Waals surface area contributed by atoms with Gasteiger partial charge in [-0.3, -0.25) is 9.69 Å². The van der Waals surface area contributed by atoms with Gasteiger partial charge >= 0.3 is 6.09 Å². The van der Waals surface area contributed by atoms with Crippen LogP contribution >= 0.6 is 12.4 Å². The minimum Gasteiger partial charge on any atom is -0.410 e. The Morgan fingerprint density at radius 2 is 1.79 bits per heavy atom. The molecule has 8 nitrogen and oxygen atoms in total. The van der Waals surface area contributed by atoms with Crippen molar-refractivity contribution in [1.29, 1.82) is 0 Å². The molecule has 208 valence electrons. The number of halogens is 1. The largest absolute Gasteiger partial charge is 0.414 e. The van der Waals surface area contributed by atoms with Crippen molar-refractivity contribution in [2.24, 2.45) is 0 Å². The molecule has 0 radical (unpaired) electrons. The predicted octanol–water partition coefficient (Wildman–Crippen LogP) is 4.28. The van der Waals surface area contributed by atoms with Gasteiger partial charge in [0.25, 0.3) is 5.91 Å². The Kier molecular flexibility index (Phi) is 10.2. The van der Waals surface area contributed by atoms with E-state index in [0.29, 0.717) is 29.8 Å². The summed E-state index contributed by atoms with van der Waals surface area (Å²) in [5, 5.41) is 2.93. The van der Waals surface area contributed by atoms with Crippen LogP contribution < -0.4 is 10.1 Å². The van der Waals surface area contributed by atoms with Crippen molar-refractivity contribution in [1.82, 2.24) is 15.1 Å². The van der Waals surface area contributed by atoms with E-state index < -0.39 is 9.84 Å². The number of carbonyl (C=O) groups is 2. The first-order valence-corrected chi connectivity index (χ1v) is 14.9. The Balaban J connectivity index is 0.00000400. The normalized spacial score (nSPS) is 18.6. The molecule has 2 atom stereocenters. The molecule has 1 fully saturated rings. The van der Waals surface area contributed by atoms with Crippen LogP contribution in [0.1, 0.15) is 59.5 Å². The Morgan fingerprint density at radius 3 is 2.47 bits per heavy atom. The minimum atomic E-state index is -3.27. The van der Waals surface area contributed by atoms with Crippen LogP contribution in [-0.2, 0) is 16.3 Å². The zero-order valence-electron chi connectivity index (χ0n) is 22.3. The summed E-state index contributed by atoms with van der Waals surface area (Å²) in [4.78, 5) is 28.7. The van der Waals surface area contributed by atoms with E-state index in [0.717, 1.165) is 57.9 Å². The van der Waals surface area contributed by atoms with Crippen molar-refractivity contribution in [2.45, 2.75) is 55.4 Å². The quantitative estimate of drug-likeness (QED) is 0.458. The lowest BCUT2D eigenvalue weighted by Crippen LogP contribution is -2.36.